The van der Waals surface area contributed by atoms with E-state index in [1.807, 2.05) is 31.2 Å². The summed E-state index contributed by atoms with van der Waals surface area (Å²) < 4.78 is 30.7. The van der Waals surface area contributed by atoms with E-state index in [4.69, 9.17) is 16.3 Å². The summed E-state index contributed by atoms with van der Waals surface area (Å²) >= 11 is 5.94. The van der Waals surface area contributed by atoms with Crippen LogP contribution in [0.5, 0.6) is 0 Å². The lowest BCUT2D eigenvalue weighted by Gasteiger charge is -2.09. The minimum absolute atomic E-state index is 0.0233. The van der Waals surface area contributed by atoms with Crippen molar-refractivity contribution in [2.24, 2.45) is 0 Å². The summed E-state index contributed by atoms with van der Waals surface area (Å²) in [7, 11) is -2.49. The average Bonchev–Trinajstić information content (AvgIpc) is 2.65. The second-order valence-corrected chi connectivity index (χ2v) is 7.98. The van der Waals surface area contributed by atoms with Crippen LogP contribution in [0.1, 0.15) is 21.5 Å². The van der Waals surface area contributed by atoms with E-state index in [0.29, 0.717) is 6.54 Å². The normalized spacial score (nSPS) is 11.1. The van der Waals surface area contributed by atoms with E-state index < -0.39 is 28.5 Å². The fourth-order valence-corrected chi connectivity index (χ4v) is 3.06. The Kier molecular flexibility index (Phi) is 6.95. The van der Waals surface area contributed by atoms with E-state index >= 15 is 0 Å². The second kappa shape index (κ2) is 8.98. The number of hydrogen-bond donors (Lipinski definition) is 2. The van der Waals surface area contributed by atoms with Crippen molar-refractivity contribution in [1.29, 1.82) is 0 Å². The molecule has 1 amide bonds. The number of carbonyl (C=O) groups is 2. The van der Waals surface area contributed by atoms with E-state index in [-0.39, 0.29) is 15.5 Å². The molecule has 0 bridgehead atoms. The smallest absolute Gasteiger partial charge is 0.340 e. The van der Waals surface area contributed by atoms with Crippen molar-refractivity contribution in [2.75, 3.05) is 13.7 Å². The van der Waals surface area contributed by atoms with Crippen molar-refractivity contribution in [2.45, 2.75) is 18.4 Å². The quantitative estimate of drug-likeness (QED) is 0.680. The van der Waals surface area contributed by atoms with Gasteiger partial charge in [-0.15, -0.1) is 0 Å². The number of sulfonamides is 1. The first kappa shape index (κ1) is 20.9. The van der Waals surface area contributed by atoms with Crippen LogP contribution >= 0.6 is 11.6 Å². The Morgan fingerprint density at radius 3 is 2.41 bits per heavy atom. The minimum atomic E-state index is -3.74. The van der Waals surface area contributed by atoms with Gasteiger partial charge in [-0.05, 0) is 37.7 Å². The molecule has 0 atom stereocenters. The van der Waals surface area contributed by atoms with Gasteiger partial charge >= 0.3 is 5.97 Å². The predicted octanol–water partition coefficient (Wildman–Crippen LogP) is 2.03. The molecule has 7 nitrogen and oxygen atoms in total. The largest absolute Gasteiger partial charge is 0.452 e. The van der Waals surface area contributed by atoms with Crippen molar-refractivity contribution >= 4 is 33.5 Å². The van der Waals surface area contributed by atoms with E-state index in [9.17, 15) is 18.0 Å². The van der Waals surface area contributed by atoms with Crippen LogP contribution in [0.3, 0.4) is 0 Å². The number of carbonyl (C=O) groups excluding carboxylic acids is 2. The SMILES string of the molecule is CNS(=O)(=O)c1ccc(Cl)c(C(=O)OCC(=O)NCc2ccc(C)cc2)c1. The van der Waals surface area contributed by atoms with Crippen LogP contribution in [0.2, 0.25) is 5.02 Å². The molecule has 0 spiro atoms. The van der Waals surface area contributed by atoms with Gasteiger partial charge in [-0.3, -0.25) is 4.79 Å². The summed E-state index contributed by atoms with van der Waals surface area (Å²) in [5.41, 5.74) is 1.88. The van der Waals surface area contributed by atoms with Gasteiger partial charge in [0.15, 0.2) is 6.61 Å². The molecule has 0 radical (unpaired) electrons. The Labute approximate surface area is 162 Å². The number of esters is 1. The number of aryl methyl sites for hydroxylation is 1. The van der Waals surface area contributed by atoms with Gasteiger partial charge in [-0.1, -0.05) is 41.4 Å². The van der Waals surface area contributed by atoms with Crippen molar-refractivity contribution in [3.63, 3.8) is 0 Å². The topological polar surface area (TPSA) is 102 Å². The Hall–Kier alpha value is -2.42. The van der Waals surface area contributed by atoms with Crippen molar-refractivity contribution in [3.05, 3.63) is 64.2 Å². The minimum Gasteiger partial charge on any atom is -0.452 e. The van der Waals surface area contributed by atoms with Crippen LogP contribution in [0.25, 0.3) is 0 Å². The molecule has 2 aromatic carbocycles. The van der Waals surface area contributed by atoms with Crippen LogP contribution in [0.15, 0.2) is 47.4 Å². The molecule has 0 fully saturated rings. The summed E-state index contributed by atoms with van der Waals surface area (Å²) in [6, 6.07) is 11.3. The fourth-order valence-electron chi connectivity index (χ4n) is 2.11. The maximum Gasteiger partial charge on any atom is 0.340 e. The highest BCUT2D eigenvalue weighted by molar-refractivity contribution is 7.89. The zero-order valence-electron chi connectivity index (χ0n) is 14.8. The van der Waals surface area contributed by atoms with Crippen molar-refractivity contribution in [3.8, 4) is 0 Å². The number of hydrogen-bond acceptors (Lipinski definition) is 5. The van der Waals surface area contributed by atoms with Crippen molar-refractivity contribution < 1.29 is 22.7 Å². The van der Waals surface area contributed by atoms with Gasteiger partial charge in [0, 0.05) is 6.54 Å². The summed E-state index contributed by atoms with van der Waals surface area (Å²) in [6.07, 6.45) is 0. The third-order valence-corrected chi connectivity index (χ3v) is 5.42. The second-order valence-electron chi connectivity index (χ2n) is 5.69. The number of halogens is 1. The number of nitrogens with one attached hydrogen (secondary N) is 2. The van der Waals surface area contributed by atoms with Crippen molar-refractivity contribution in [1.82, 2.24) is 10.0 Å². The Morgan fingerprint density at radius 1 is 1.11 bits per heavy atom. The summed E-state index contributed by atoms with van der Waals surface area (Å²) in [5.74, 6) is -1.38. The van der Waals surface area contributed by atoms with Gasteiger partial charge < -0.3 is 10.1 Å². The lowest BCUT2D eigenvalue weighted by atomic mass is 10.1. The van der Waals surface area contributed by atoms with Gasteiger partial charge in [0.25, 0.3) is 5.91 Å². The zero-order valence-corrected chi connectivity index (χ0v) is 16.4. The first-order chi connectivity index (χ1) is 12.7. The molecule has 2 aromatic rings. The zero-order chi connectivity index (χ0) is 20.0. The van der Waals surface area contributed by atoms with E-state index in [1.54, 1.807) is 0 Å². The maximum absolute atomic E-state index is 12.1. The molecule has 0 aromatic heterocycles. The first-order valence-electron chi connectivity index (χ1n) is 7.95. The van der Waals surface area contributed by atoms with Gasteiger partial charge in [-0.25, -0.2) is 17.9 Å². The Morgan fingerprint density at radius 2 is 1.78 bits per heavy atom. The molecule has 0 saturated carbocycles. The van der Waals surface area contributed by atoms with Gasteiger partial charge in [0.1, 0.15) is 0 Å². The number of ether oxygens (including phenoxy) is 1. The lowest BCUT2D eigenvalue weighted by molar-refractivity contribution is -0.124. The molecule has 0 saturated heterocycles. The van der Waals surface area contributed by atoms with E-state index in [2.05, 4.69) is 10.0 Å². The molecule has 0 aliphatic carbocycles. The highest BCUT2D eigenvalue weighted by Crippen LogP contribution is 2.21. The molecule has 0 aliphatic rings. The molecular weight excluding hydrogens is 392 g/mol. The molecule has 2 rings (SSSR count). The Balaban J connectivity index is 1.96. The Bertz CT molecular complexity index is 943. The molecule has 2 N–H and O–H groups in total. The molecule has 27 heavy (non-hydrogen) atoms. The van der Waals surface area contributed by atoms with Gasteiger partial charge in [0.2, 0.25) is 10.0 Å². The highest BCUT2D eigenvalue weighted by Gasteiger charge is 2.19. The van der Waals surface area contributed by atoms with Crippen LogP contribution in [-0.4, -0.2) is 33.9 Å². The lowest BCUT2D eigenvalue weighted by Crippen LogP contribution is -2.28. The first-order valence-corrected chi connectivity index (χ1v) is 9.81. The molecule has 0 aliphatic heterocycles. The van der Waals surface area contributed by atoms with Crippen LogP contribution in [0, 0.1) is 6.92 Å². The standard InChI is InChI=1S/C18H19ClN2O5S/c1-12-3-5-13(6-4-12)10-21-17(22)11-26-18(23)15-9-14(7-8-16(15)19)27(24,25)20-2/h3-9,20H,10-11H2,1-2H3,(H,21,22). The van der Waals surface area contributed by atoms with Gasteiger partial charge in [-0.2, -0.15) is 0 Å². The number of benzene rings is 2. The molecule has 144 valence electrons. The van der Waals surface area contributed by atoms with Gasteiger partial charge in [0.05, 0.1) is 15.5 Å². The molecular formula is C18H19ClN2O5S. The van der Waals surface area contributed by atoms with Crippen LogP contribution in [-0.2, 0) is 26.1 Å². The van der Waals surface area contributed by atoms with Crippen LogP contribution < -0.4 is 10.0 Å². The number of amides is 1. The molecule has 0 heterocycles. The average molecular weight is 411 g/mol. The molecule has 0 unspecified atom stereocenters. The fraction of sp³-hybridized carbons (Fsp3) is 0.222. The van der Waals surface area contributed by atoms with Crippen LogP contribution in [0.4, 0.5) is 0 Å². The van der Waals surface area contributed by atoms with E-state index in [0.717, 1.165) is 17.2 Å². The highest BCUT2D eigenvalue weighted by atomic mass is 35.5. The monoisotopic (exact) mass is 410 g/mol. The third kappa shape index (κ3) is 5.78. The predicted molar refractivity (Wildman–Crippen MR) is 101 cm³/mol. The summed E-state index contributed by atoms with van der Waals surface area (Å²) in [5, 5.41) is 2.65. The molecule has 9 heteroatoms. The summed E-state index contributed by atoms with van der Waals surface area (Å²) in [4.78, 5) is 23.9. The van der Waals surface area contributed by atoms with E-state index in [1.165, 1.54) is 19.2 Å². The summed E-state index contributed by atoms with van der Waals surface area (Å²) in [6.45, 7) is 1.75. The third-order valence-electron chi connectivity index (χ3n) is 3.68. The number of rotatable bonds is 7. The maximum atomic E-state index is 12.1.